The Morgan fingerprint density at radius 1 is 1.00 bits per heavy atom. The van der Waals surface area contributed by atoms with Gasteiger partial charge in [0.05, 0.1) is 31.5 Å². The summed E-state index contributed by atoms with van der Waals surface area (Å²) in [5.74, 6) is -0.765. The van der Waals surface area contributed by atoms with Crippen molar-refractivity contribution < 1.29 is 18.3 Å². The predicted octanol–water partition coefficient (Wildman–Crippen LogP) is 2.97. The lowest BCUT2D eigenvalue weighted by Crippen LogP contribution is -2.43. The van der Waals surface area contributed by atoms with E-state index in [9.17, 15) is 13.6 Å². The van der Waals surface area contributed by atoms with E-state index in [4.69, 9.17) is 4.74 Å². The average Bonchev–Trinajstić information content (AvgIpc) is 3.15. The standard InChI is InChI=1S/C21H21F2N3O2/c22-17-5-1-15(2-6-17)19-13-20(16-3-7-18(23)8-4-16)26(24-19)21(27)14-25-9-11-28-12-10-25/h1-8,20H,9-14H2. The third-order valence-corrected chi connectivity index (χ3v) is 5.06. The molecule has 1 saturated heterocycles. The molecule has 0 saturated carbocycles. The van der Waals surface area contributed by atoms with Crippen molar-refractivity contribution in [3.05, 3.63) is 71.3 Å². The normalized spacial score (nSPS) is 20.3. The van der Waals surface area contributed by atoms with Crippen LogP contribution in [0.5, 0.6) is 0 Å². The second kappa shape index (κ2) is 8.16. The fraction of sp³-hybridized carbons (Fsp3) is 0.333. The molecule has 1 amide bonds. The van der Waals surface area contributed by atoms with Crippen molar-refractivity contribution in [1.82, 2.24) is 9.91 Å². The van der Waals surface area contributed by atoms with Gasteiger partial charge in [-0.1, -0.05) is 24.3 Å². The van der Waals surface area contributed by atoms with Crippen molar-refractivity contribution in [1.29, 1.82) is 0 Å². The molecule has 0 aliphatic carbocycles. The second-order valence-corrected chi connectivity index (χ2v) is 6.95. The van der Waals surface area contributed by atoms with Crippen molar-refractivity contribution >= 4 is 11.6 Å². The summed E-state index contributed by atoms with van der Waals surface area (Å²) in [5, 5.41) is 6.05. The molecule has 1 fully saturated rings. The molecule has 0 N–H and O–H groups in total. The third-order valence-electron chi connectivity index (χ3n) is 5.06. The van der Waals surface area contributed by atoms with Gasteiger partial charge in [0, 0.05) is 19.5 Å². The number of carbonyl (C=O) groups is 1. The van der Waals surface area contributed by atoms with Gasteiger partial charge in [0.25, 0.3) is 5.91 Å². The number of amides is 1. The summed E-state index contributed by atoms with van der Waals surface area (Å²) < 4.78 is 32.0. The van der Waals surface area contributed by atoms with Crippen LogP contribution in [0.1, 0.15) is 23.6 Å². The predicted molar refractivity (Wildman–Crippen MR) is 101 cm³/mol. The Hall–Kier alpha value is -2.64. The van der Waals surface area contributed by atoms with Gasteiger partial charge in [0.15, 0.2) is 0 Å². The molecule has 2 aliphatic rings. The summed E-state index contributed by atoms with van der Waals surface area (Å²) in [6.45, 7) is 2.88. The Morgan fingerprint density at radius 2 is 1.61 bits per heavy atom. The Labute approximate surface area is 162 Å². The van der Waals surface area contributed by atoms with Gasteiger partial charge in [0.2, 0.25) is 0 Å². The first kappa shape index (κ1) is 18.7. The van der Waals surface area contributed by atoms with Crippen LogP contribution in [0.4, 0.5) is 8.78 Å². The van der Waals surface area contributed by atoms with Gasteiger partial charge in [-0.3, -0.25) is 9.69 Å². The minimum Gasteiger partial charge on any atom is -0.379 e. The molecule has 0 spiro atoms. The maximum absolute atomic E-state index is 13.4. The fourth-order valence-corrected chi connectivity index (χ4v) is 3.52. The lowest BCUT2D eigenvalue weighted by Gasteiger charge is -2.29. The summed E-state index contributed by atoms with van der Waals surface area (Å²) in [7, 11) is 0. The molecule has 0 radical (unpaired) electrons. The van der Waals surface area contributed by atoms with Crippen LogP contribution in [-0.2, 0) is 9.53 Å². The van der Waals surface area contributed by atoms with Crippen molar-refractivity contribution in [2.24, 2.45) is 5.10 Å². The molecule has 2 heterocycles. The number of benzene rings is 2. The van der Waals surface area contributed by atoms with Crippen LogP contribution in [0.2, 0.25) is 0 Å². The van der Waals surface area contributed by atoms with E-state index in [0.717, 1.165) is 11.1 Å². The molecule has 7 heteroatoms. The van der Waals surface area contributed by atoms with Gasteiger partial charge >= 0.3 is 0 Å². The summed E-state index contributed by atoms with van der Waals surface area (Å²) in [5.41, 5.74) is 2.30. The van der Waals surface area contributed by atoms with E-state index in [2.05, 4.69) is 5.10 Å². The van der Waals surface area contributed by atoms with Gasteiger partial charge in [-0.15, -0.1) is 0 Å². The zero-order chi connectivity index (χ0) is 19.5. The highest BCUT2D eigenvalue weighted by Crippen LogP contribution is 2.33. The Kier molecular flexibility index (Phi) is 5.45. The SMILES string of the molecule is O=C(CN1CCOCC1)N1N=C(c2ccc(F)cc2)CC1c1ccc(F)cc1. The van der Waals surface area contributed by atoms with Crippen molar-refractivity contribution in [3.63, 3.8) is 0 Å². The number of hydrogen-bond donors (Lipinski definition) is 0. The summed E-state index contributed by atoms with van der Waals surface area (Å²) in [4.78, 5) is 15.0. The molecule has 5 nitrogen and oxygen atoms in total. The number of ether oxygens (including phenoxy) is 1. The summed E-state index contributed by atoms with van der Waals surface area (Å²) in [6.07, 6.45) is 0.492. The number of morpholine rings is 1. The van der Waals surface area contributed by atoms with Crippen LogP contribution in [-0.4, -0.2) is 54.4 Å². The highest BCUT2D eigenvalue weighted by atomic mass is 19.1. The van der Waals surface area contributed by atoms with Crippen molar-refractivity contribution in [3.8, 4) is 0 Å². The molecule has 146 valence electrons. The summed E-state index contributed by atoms with van der Waals surface area (Å²) >= 11 is 0. The van der Waals surface area contributed by atoms with Gasteiger partial charge in [-0.05, 0) is 35.4 Å². The van der Waals surface area contributed by atoms with E-state index in [1.807, 2.05) is 4.90 Å². The topological polar surface area (TPSA) is 45.1 Å². The maximum atomic E-state index is 13.4. The highest BCUT2D eigenvalue weighted by Gasteiger charge is 2.33. The Bertz CT molecular complexity index is 862. The molecule has 28 heavy (non-hydrogen) atoms. The molecule has 0 bridgehead atoms. The first-order valence-electron chi connectivity index (χ1n) is 9.31. The molecule has 2 aromatic carbocycles. The van der Waals surface area contributed by atoms with Crippen LogP contribution >= 0.6 is 0 Å². The minimum atomic E-state index is -0.326. The van der Waals surface area contributed by atoms with Gasteiger partial charge in [0.1, 0.15) is 11.6 Å². The van der Waals surface area contributed by atoms with E-state index in [0.29, 0.717) is 38.4 Å². The van der Waals surface area contributed by atoms with Gasteiger partial charge in [-0.2, -0.15) is 5.10 Å². The van der Waals surface area contributed by atoms with Crippen LogP contribution in [0.15, 0.2) is 53.6 Å². The number of hydrazone groups is 1. The number of carbonyl (C=O) groups excluding carboxylic acids is 1. The van der Waals surface area contributed by atoms with E-state index < -0.39 is 0 Å². The van der Waals surface area contributed by atoms with Crippen molar-refractivity contribution in [2.45, 2.75) is 12.5 Å². The van der Waals surface area contributed by atoms with Gasteiger partial charge in [-0.25, -0.2) is 13.8 Å². The first-order valence-corrected chi connectivity index (χ1v) is 9.31. The first-order chi connectivity index (χ1) is 13.6. The molecule has 0 aromatic heterocycles. The van der Waals surface area contributed by atoms with Crippen LogP contribution in [0.3, 0.4) is 0 Å². The van der Waals surface area contributed by atoms with E-state index in [1.165, 1.54) is 29.3 Å². The lowest BCUT2D eigenvalue weighted by atomic mass is 9.98. The Balaban J connectivity index is 1.59. The molecule has 1 atom stereocenters. The van der Waals surface area contributed by atoms with E-state index >= 15 is 0 Å². The number of rotatable bonds is 4. The van der Waals surface area contributed by atoms with E-state index in [1.54, 1.807) is 24.3 Å². The second-order valence-electron chi connectivity index (χ2n) is 6.95. The van der Waals surface area contributed by atoms with Crippen LogP contribution in [0, 0.1) is 11.6 Å². The van der Waals surface area contributed by atoms with Gasteiger partial charge < -0.3 is 4.74 Å². The highest BCUT2D eigenvalue weighted by molar-refractivity contribution is 6.03. The molecule has 2 aliphatic heterocycles. The quantitative estimate of drug-likeness (QED) is 0.813. The third kappa shape index (κ3) is 4.10. The fourth-order valence-electron chi connectivity index (χ4n) is 3.52. The maximum Gasteiger partial charge on any atom is 0.257 e. The zero-order valence-corrected chi connectivity index (χ0v) is 15.4. The molecular formula is C21H21F2N3O2. The van der Waals surface area contributed by atoms with Crippen LogP contribution in [0.25, 0.3) is 0 Å². The van der Waals surface area contributed by atoms with Crippen LogP contribution < -0.4 is 0 Å². The minimum absolute atomic E-state index is 0.117. The van der Waals surface area contributed by atoms with Crippen molar-refractivity contribution in [2.75, 3.05) is 32.8 Å². The number of nitrogens with zero attached hydrogens (tertiary/aromatic N) is 3. The smallest absolute Gasteiger partial charge is 0.257 e. The molecule has 2 aromatic rings. The monoisotopic (exact) mass is 385 g/mol. The molecular weight excluding hydrogens is 364 g/mol. The Morgan fingerprint density at radius 3 is 2.25 bits per heavy atom. The summed E-state index contributed by atoms with van der Waals surface area (Å²) in [6, 6.07) is 11.9. The lowest BCUT2D eigenvalue weighted by molar-refractivity contribution is -0.135. The zero-order valence-electron chi connectivity index (χ0n) is 15.4. The van der Waals surface area contributed by atoms with E-state index in [-0.39, 0.29) is 30.1 Å². The largest absolute Gasteiger partial charge is 0.379 e. The average molecular weight is 385 g/mol. The number of hydrogen-bond acceptors (Lipinski definition) is 4. The molecule has 4 rings (SSSR count). The number of halogens is 2. The molecule has 1 unspecified atom stereocenters.